The molecular weight excluding hydrogens is 316 g/mol. The first-order valence-corrected chi connectivity index (χ1v) is 5.79. The van der Waals surface area contributed by atoms with Crippen molar-refractivity contribution in [1.29, 1.82) is 0 Å². The Labute approximate surface area is 101 Å². The molecule has 6 heteroatoms. The predicted octanol–water partition coefficient (Wildman–Crippen LogP) is 1.66. The molecule has 0 fully saturated rings. The van der Waals surface area contributed by atoms with Crippen LogP contribution in [-0.4, -0.2) is 22.4 Å². The van der Waals surface area contributed by atoms with Gasteiger partial charge in [0.05, 0.1) is 6.33 Å². The van der Waals surface area contributed by atoms with Gasteiger partial charge in [-0.3, -0.25) is 4.79 Å². The molecule has 1 aromatic rings. The van der Waals surface area contributed by atoms with Gasteiger partial charge in [0.1, 0.15) is 9.39 Å². The molecule has 1 aromatic heterocycles. The van der Waals surface area contributed by atoms with E-state index in [1.165, 1.54) is 6.33 Å². The van der Waals surface area contributed by atoms with Crippen molar-refractivity contribution in [3.8, 4) is 0 Å². The van der Waals surface area contributed by atoms with Gasteiger partial charge in [0.2, 0.25) is 0 Å². The van der Waals surface area contributed by atoms with E-state index in [0.717, 1.165) is 6.54 Å². The Morgan fingerprint density at radius 1 is 1.79 bits per heavy atom. The molecule has 1 unspecified atom stereocenters. The van der Waals surface area contributed by atoms with Gasteiger partial charge >= 0.3 is 0 Å². The molecule has 0 radical (unpaired) electrons. The van der Waals surface area contributed by atoms with E-state index >= 15 is 0 Å². The summed E-state index contributed by atoms with van der Waals surface area (Å²) in [5.74, 6) is 1.56. The van der Waals surface area contributed by atoms with Gasteiger partial charge in [0.15, 0.2) is 0 Å². The van der Waals surface area contributed by atoms with Crippen molar-refractivity contribution in [2.75, 3.05) is 17.7 Å². The summed E-state index contributed by atoms with van der Waals surface area (Å²) in [5.41, 5.74) is -0.123. The molecule has 0 amide bonds. The number of H-pyrrole nitrogens is 1. The second-order valence-corrected chi connectivity index (χ2v) is 4.42. The number of halogens is 2. The van der Waals surface area contributed by atoms with Gasteiger partial charge in [-0.15, -0.1) is 11.6 Å². The summed E-state index contributed by atoms with van der Waals surface area (Å²) < 4.78 is 0.576. The number of hydrogen-bond donors (Lipinski definition) is 2. The van der Waals surface area contributed by atoms with Crippen LogP contribution in [0.4, 0.5) is 5.82 Å². The van der Waals surface area contributed by atoms with E-state index in [2.05, 4.69) is 15.3 Å². The minimum absolute atomic E-state index is 0.123. The third-order valence-corrected chi connectivity index (χ3v) is 3.21. The molecule has 1 heterocycles. The van der Waals surface area contributed by atoms with Crippen molar-refractivity contribution >= 4 is 40.0 Å². The number of aromatic amines is 1. The number of rotatable bonds is 4. The van der Waals surface area contributed by atoms with Gasteiger partial charge < -0.3 is 10.3 Å². The first-order valence-electron chi connectivity index (χ1n) is 4.18. The summed E-state index contributed by atoms with van der Waals surface area (Å²) in [4.78, 5) is 17.7. The Kier molecular flexibility index (Phi) is 4.67. The minimum Gasteiger partial charge on any atom is -0.369 e. The van der Waals surface area contributed by atoms with Crippen LogP contribution in [0.1, 0.15) is 6.92 Å². The molecule has 0 spiro atoms. The lowest BCUT2D eigenvalue weighted by Crippen LogP contribution is -2.18. The van der Waals surface area contributed by atoms with Gasteiger partial charge in [-0.05, 0) is 28.5 Å². The fourth-order valence-electron chi connectivity index (χ4n) is 0.832. The molecule has 0 aliphatic carbocycles. The molecule has 0 aliphatic heterocycles. The maximum atomic E-state index is 11.2. The Hall–Kier alpha value is -0.300. The molecule has 78 valence electrons. The summed E-state index contributed by atoms with van der Waals surface area (Å²) in [6.07, 6.45) is 1.39. The van der Waals surface area contributed by atoms with Crippen molar-refractivity contribution in [3.05, 3.63) is 20.3 Å². The van der Waals surface area contributed by atoms with Crippen LogP contribution in [0.15, 0.2) is 11.1 Å². The molecular formula is C8H11ClIN3O. The Bertz CT molecular complexity index is 355. The highest BCUT2D eigenvalue weighted by Crippen LogP contribution is 2.09. The summed E-state index contributed by atoms with van der Waals surface area (Å²) in [7, 11) is 0. The highest BCUT2D eigenvalue weighted by Gasteiger charge is 2.05. The fraction of sp³-hybridized carbons (Fsp3) is 0.500. The van der Waals surface area contributed by atoms with Crippen LogP contribution in [-0.2, 0) is 0 Å². The van der Waals surface area contributed by atoms with E-state index < -0.39 is 0 Å². The first-order chi connectivity index (χ1) is 6.65. The number of nitrogens with zero attached hydrogens (tertiary/aromatic N) is 1. The van der Waals surface area contributed by atoms with Crippen molar-refractivity contribution in [3.63, 3.8) is 0 Å². The van der Waals surface area contributed by atoms with E-state index in [1.54, 1.807) is 0 Å². The van der Waals surface area contributed by atoms with Gasteiger partial charge in [-0.1, -0.05) is 6.92 Å². The van der Waals surface area contributed by atoms with Crippen molar-refractivity contribution in [2.24, 2.45) is 5.92 Å². The third-order valence-electron chi connectivity index (χ3n) is 1.68. The predicted molar refractivity (Wildman–Crippen MR) is 65.9 cm³/mol. The van der Waals surface area contributed by atoms with E-state index in [4.69, 9.17) is 11.6 Å². The minimum atomic E-state index is -0.123. The largest absolute Gasteiger partial charge is 0.369 e. The second-order valence-electron chi connectivity index (χ2n) is 3.03. The normalized spacial score (nSPS) is 12.5. The van der Waals surface area contributed by atoms with Crippen molar-refractivity contribution in [2.45, 2.75) is 6.92 Å². The van der Waals surface area contributed by atoms with Crippen LogP contribution < -0.4 is 10.9 Å². The van der Waals surface area contributed by atoms with Gasteiger partial charge in [0.25, 0.3) is 5.56 Å². The van der Waals surface area contributed by atoms with Gasteiger partial charge in [0, 0.05) is 12.4 Å². The molecule has 1 rings (SSSR count). The molecule has 1 atom stereocenters. The number of anilines is 1. The summed E-state index contributed by atoms with van der Waals surface area (Å²) >= 11 is 7.62. The monoisotopic (exact) mass is 327 g/mol. The summed E-state index contributed by atoms with van der Waals surface area (Å²) in [5, 5.41) is 3.08. The number of nitrogens with one attached hydrogen (secondary N) is 2. The highest BCUT2D eigenvalue weighted by atomic mass is 127. The van der Waals surface area contributed by atoms with Crippen LogP contribution >= 0.6 is 34.2 Å². The Morgan fingerprint density at radius 2 is 2.50 bits per heavy atom. The maximum Gasteiger partial charge on any atom is 0.266 e. The van der Waals surface area contributed by atoms with Crippen LogP contribution in [0.5, 0.6) is 0 Å². The molecule has 0 saturated carbocycles. The van der Waals surface area contributed by atoms with Crippen molar-refractivity contribution in [1.82, 2.24) is 9.97 Å². The lowest BCUT2D eigenvalue weighted by molar-refractivity contribution is 0.694. The molecule has 0 aromatic carbocycles. The maximum absolute atomic E-state index is 11.2. The Balaban J connectivity index is 2.68. The molecule has 4 nitrogen and oxygen atoms in total. The zero-order chi connectivity index (χ0) is 10.6. The standard InChI is InChI=1S/C8H11ClIN3O/c1-5(2-9)3-11-7-6(10)8(14)13-4-12-7/h4-5H,2-3H2,1H3,(H2,11,12,13,14). The lowest BCUT2D eigenvalue weighted by atomic mass is 10.2. The van der Waals surface area contributed by atoms with E-state index in [0.29, 0.717) is 21.2 Å². The van der Waals surface area contributed by atoms with Crippen LogP contribution in [0, 0.1) is 9.49 Å². The quantitative estimate of drug-likeness (QED) is 0.653. The van der Waals surface area contributed by atoms with E-state index in [9.17, 15) is 4.79 Å². The van der Waals surface area contributed by atoms with Gasteiger partial charge in [-0.2, -0.15) is 0 Å². The topological polar surface area (TPSA) is 57.8 Å². The first kappa shape index (κ1) is 11.8. The van der Waals surface area contributed by atoms with E-state index in [1.807, 2.05) is 29.5 Å². The Morgan fingerprint density at radius 3 is 3.14 bits per heavy atom. The SMILES string of the molecule is CC(CCl)CNc1nc[nH]c(=O)c1I. The van der Waals surface area contributed by atoms with E-state index in [-0.39, 0.29) is 5.56 Å². The molecule has 14 heavy (non-hydrogen) atoms. The molecule has 0 saturated heterocycles. The zero-order valence-electron chi connectivity index (χ0n) is 7.68. The highest BCUT2D eigenvalue weighted by molar-refractivity contribution is 14.1. The number of hydrogen-bond acceptors (Lipinski definition) is 3. The fourth-order valence-corrected chi connectivity index (χ4v) is 1.43. The van der Waals surface area contributed by atoms with Gasteiger partial charge in [-0.25, -0.2) is 4.98 Å². The molecule has 2 N–H and O–H groups in total. The third kappa shape index (κ3) is 3.13. The second kappa shape index (κ2) is 5.55. The number of aromatic nitrogens is 2. The molecule has 0 bridgehead atoms. The smallest absolute Gasteiger partial charge is 0.266 e. The molecule has 0 aliphatic rings. The summed E-state index contributed by atoms with van der Waals surface area (Å²) in [6, 6.07) is 0. The summed E-state index contributed by atoms with van der Waals surface area (Å²) in [6.45, 7) is 2.75. The lowest BCUT2D eigenvalue weighted by Gasteiger charge is -2.10. The average molecular weight is 328 g/mol. The zero-order valence-corrected chi connectivity index (χ0v) is 10.6. The van der Waals surface area contributed by atoms with Crippen LogP contribution in [0.25, 0.3) is 0 Å². The van der Waals surface area contributed by atoms with Crippen LogP contribution in [0.3, 0.4) is 0 Å². The average Bonchev–Trinajstić information content (AvgIpc) is 2.20. The van der Waals surface area contributed by atoms with Crippen molar-refractivity contribution < 1.29 is 0 Å². The number of alkyl halides is 1. The van der Waals surface area contributed by atoms with Crippen LogP contribution in [0.2, 0.25) is 0 Å².